The van der Waals surface area contributed by atoms with E-state index in [-0.39, 0.29) is 23.6 Å². The van der Waals surface area contributed by atoms with E-state index < -0.39 is 0 Å². The number of hydrogen-bond acceptors (Lipinski definition) is 7. The molecule has 4 aliphatic rings. The molecule has 4 saturated carbocycles. The highest BCUT2D eigenvalue weighted by molar-refractivity contribution is 5.69. The molecule has 0 aromatic carbocycles. The molecule has 7 heteroatoms. The number of carbonyl (C=O) groups excluding carboxylic acids is 1. The van der Waals surface area contributed by atoms with Crippen LogP contribution in [0.15, 0.2) is 0 Å². The first kappa shape index (κ1) is 35.1. The number of carbonyl (C=O) groups is 1. The number of fused-ring (bicyclic) bond motifs is 5. The summed E-state index contributed by atoms with van der Waals surface area (Å²) < 4.78 is 5.42. The van der Waals surface area contributed by atoms with E-state index in [1.54, 1.807) is 0 Å². The molecule has 5 unspecified atom stereocenters. The molecule has 0 heterocycles. The van der Waals surface area contributed by atoms with Crippen molar-refractivity contribution in [3.63, 3.8) is 0 Å². The van der Waals surface area contributed by atoms with Crippen LogP contribution in [0.1, 0.15) is 118 Å². The summed E-state index contributed by atoms with van der Waals surface area (Å²) in [5.41, 5.74) is 12.2. The molecule has 250 valence electrons. The van der Waals surface area contributed by atoms with E-state index in [1.807, 2.05) is 13.8 Å². The van der Waals surface area contributed by atoms with Gasteiger partial charge in [-0.15, -0.1) is 0 Å². The van der Waals surface area contributed by atoms with Crippen molar-refractivity contribution in [2.24, 2.45) is 57.8 Å². The Labute approximate surface area is 264 Å². The Balaban J connectivity index is 1.30. The van der Waals surface area contributed by atoms with E-state index in [2.05, 4.69) is 31.0 Å². The Morgan fingerprint density at radius 2 is 1.58 bits per heavy atom. The molecule has 6 N–H and O–H groups in total. The normalized spacial score (nSPS) is 38.0. The van der Waals surface area contributed by atoms with E-state index >= 15 is 0 Å². The smallest absolute Gasteiger partial charge is 0.306 e. The van der Waals surface area contributed by atoms with Crippen molar-refractivity contribution in [2.45, 2.75) is 136 Å². The van der Waals surface area contributed by atoms with Crippen molar-refractivity contribution in [3.8, 4) is 0 Å². The number of nitrogens with zero attached hydrogens (tertiary/aromatic N) is 1. The van der Waals surface area contributed by atoms with Crippen molar-refractivity contribution < 1.29 is 14.6 Å². The van der Waals surface area contributed by atoms with E-state index in [0.29, 0.717) is 53.4 Å². The molecule has 10 atom stereocenters. The molecule has 0 spiro atoms. The molecule has 0 aliphatic heterocycles. The highest BCUT2D eigenvalue weighted by Crippen LogP contribution is 2.68. The summed E-state index contributed by atoms with van der Waals surface area (Å²) in [6.45, 7) is 17.2. The van der Waals surface area contributed by atoms with E-state index in [9.17, 15) is 9.90 Å². The minimum absolute atomic E-state index is 0.0376. The summed E-state index contributed by atoms with van der Waals surface area (Å²) in [4.78, 5) is 14.8. The second-order valence-electron chi connectivity index (χ2n) is 16.0. The molecule has 0 aromatic heterocycles. The van der Waals surface area contributed by atoms with E-state index in [1.165, 1.54) is 51.4 Å². The van der Waals surface area contributed by atoms with Gasteiger partial charge >= 0.3 is 5.97 Å². The number of nitrogens with one attached hydrogen (secondary N) is 1. The molecule has 0 saturated heterocycles. The second kappa shape index (κ2) is 15.7. The van der Waals surface area contributed by atoms with E-state index in [4.69, 9.17) is 16.2 Å². The van der Waals surface area contributed by atoms with Crippen LogP contribution < -0.4 is 16.8 Å². The summed E-state index contributed by atoms with van der Waals surface area (Å²) in [6, 6.07) is 0.580. The molecule has 0 bridgehead atoms. The zero-order chi connectivity index (χ0) is 31.2. The SMILES string of the molecule is CC(C)OC(=O)CC[C@@H](C)[C@H]1CCC2C3C(CC[C@@]21C)[C@@]1(C)CCC(NCCCN(CCCN)CCCN)CC1C[C@@H]3O. The van der Waals surface area contributed by atoms with Gasteiger partial charge in [0.15, 0.2) is 0 Å². The fraction of sp³-hybridized carbons (Fsp3) is 0.972. The molecule has 0 radical (unpaired) electrons. The zero-order valence-electron chi connectivity index (χ0n) is 28.5. The summed E-state index contributed by atoms with van der Waals surface area (Å²) in [6.07, 6.45) is 14.3. The molecule has 4 fully saturated rings. The predicted octanol–water partition coefficient (Wildman–Crippen LogP) is 5.33. The third kappa shape index (κ3) is 8.17. The van der Waals surface area contributed by atoms with Gasteiger partial charge in [0.1, 0.15) is 0 Å². The summed E-state index contributed by atoms with van der Waals surface area (Å²) in [7, 11) is 0. The maximum atomic E-state index is 12.3. The van der Waals surface area contributed by atoms with Crippen LogP contribution in [0.4, 0.5) is 0 Å². The quantitative estimate of drug-likeness (QED) is 0.139. The molecule has 0 amide bonds. The van der Waals surface area contributed by atoms with Crippen molar-refractivity contribution in [3.05, 3.63) is 0 Å². The summed E-state index contributed by atoms with van der Waals surface area (Å²) in [5, 5.41) is 15.7. The number of rotatable bonds is 16. The van der Waals surface area contributed by atoms with Gasteiger partial charge in [-0.2, -0.15) is 0 Å². The number of ether oxygens (including phenoxy) is 1. The van der Waals surface area contributed by atoms with Crippen LogP contribution in [-0.4, -0.2) is 73.5 Å². The van der Waals surface area contributed by atoms with Crippen LogP contribution in [0.5, 0.6) is 0 Å². The number of esters is 1. The standard InChI is InChI=1S/C36H68N4O3/c1-25(2)43-33(42)12-9-26(3)29-10-11-30-34-31(14-16-36(29,30)5)35(4)15-13-28(23-27(35)24-32(34)41)39-19-8-22-40(20-6-17-37)21-7-18-38/h25-32,34,39,41H,6-24,37-38H2,1-5H3/t26-,27?,28?,29-,30?,31?,32+,34?,35+,36-/m1/s1. The minimum atomic E-state index is -0.167. The van der Waals surface area contributed by atoms with Gasteiger partial charge in [0.2, 0.25) is 0 Å². The highest BCUT2D eigenvalue weighted by Gasteiger charge is 2.62. The largest absolute Gasteiger partial charge is 0.463 e. The van der Waals surface area contributed by atoms with Crippen LogP contribution in [0.2, 0.25) is 0 Å². The van der Waals surface area contributed by atoms with Crippen LogP contribution in [0.3, 0.4) is 0 Å². The van der Waals surface area contributed by atoms with Gasteiger partial charge in [0, 0.05) is 12.5 Å². The first-order chi connectivity index (χ1) is 20.5. The number of nitrogens with two attached hydrogens (primary N) is 2. The minimum Gasteiger partial charge on any atom is -0.463 e. The van der Waals surface area contributed by atoms with E-state index in [0.717, 1.165) is 65.0 Å². The Kier molecular flexibility index (Phi) is 12.8. The second-order valence-corrected chi connectivity index (χ2v) is 16.0. The lowest BCUT2D eigenvalue weighted by atomic mass is 9.43. The highest BCUT2D eigenvalue weighted by atomic mass is 16.5. The molecular formula is C36H68N4O3. The van der Waals surface area contributed by atoms with Gasteiger partial charge in [-0.05, 0) is 177 Å². The molecule has 43 heavy (non-hydrogen) atoms. The fourth-order valence-corrected chi connectivity index (χ4v) is 10.8. The lowest BCUT2D eigenvalue weighted by Gasteiger charge is -2.62. The average molecular weight is 605 g/mol. The maximum absolute atomic E-state index is 12.3. The average Bonchev–Trinajstić information content (AvgIpc) is 3.32. The first-order valence-corrected chi connectivity index (χ1v) is 18.3. The van der Waals surface area contributed by atoms with Crippen LogP contribution in [-0.2, 0) is 9.53 Å². The van der Waals surface area contributed by atoms with Crippen molar-refractivity contribution >= 4 is 5.97 Å². The van der Waals surface area contributed by atoms with Crippen LogP contribution in [0.25, 0.3) is 0 Å². The third-order valence-electron chi connectivity index (χ3n) is 13.1. The number of aliphatic hydroxyl groups is 1. The Bertz CT molecular complexity index is 863. The lowest BCUT2D eigenvalue weighted by molar-refractivity contribution is -0.167. The topological polar surface area (TPSA) is 114 Å². The van der Waals surface area contributed by atoms with Crippen LogP contribution >= 0.6 is 0 Å². The summed E-state index contributed by atoms with van der Waals surface area (Å²) >= 11 is 0. The van der Waals surface area contributed by atoms with Gasteiger partial charge in [-0.1, -0.05) is 20.8 Å². The Hall–Kier alpha value is -0.730. The van der Waals surface area contributed by atoms with Crippen molar-refractivity contribution in [1.29, 1.82) is 0 Å². The Morgan fingerprint density at radius 1 is 0.930 bits per heavy atom. The predicted molar refractivity (Wildman–Crippen MR) is 176 cm³/mol. The third-order valence-corrected chi connectivity index (χ3v) is 13.1. The Morgan fingerprint density at radius 3 is 2.26 bits per heavy atom. The van der Waals surface area contributed by atoms with Gasteiger partial charge in [0.25, 0.3) is 0 Å². The molecule has 4 rings (SSSR count). The molecule has 7 nitrogen and oxygen atoms in total. The lowest BCUT2D eigenvalue weighted by Crippen LogP contribution is -2.59. The number of aliphatic hydroxyl groups excluding tert-OH is 1. The van der Waals surface area contributed by atoms with Crippen molar-refractivity contribution in [1.82, 2.24) is 10.2 Å². The van der Waals surface area contributed by atoms with Gasteiger partial charge in [-0.25, -0.2) is 0 Å². The number of hydrogen-bond donors (Lipinski definition) is 4. The summed E-state index contributed by atoms with van der Waals surface area (Å²) in [5.74, 6) is 3.44. The van der Waals surface area contributed by atoms with Gasteiger partial charge < -0.3 is 31.5 Å². The van der Waals surface area contributed by atoms with Gasteiger partial charge in [0.05, 0.1) is 12.2 Å². The van der Waals surface area contributed by atoms with Crippen LogP contribution in [0, 0.1) is 46.3 Å². The molecule has 4 aliphatic carbocycles. The monoisotopic (exact) mass is 605 g/mol. The maximum Gasteiger partial charge on any atom is 0.306 e. The van der Waals surface area contributed by atoms with Crippen molar-refractivity contribution in [2.75, 3.05) is 39.3 Å². The molecular weight excluding hydrogens is 536 g/mol. The fourth-order valence-electron chi connectivity index (χ4n) is 10.8. The zero-order valence-corrected chi connectivity index (χ0v) is 28.5. The van der Waals surface area contributed by atoms with Gasteiger partial charge in [-0.3, -0.25) is 4.79 Å². The first-order valence-electron chi connectivity index (χ1n) is 18.3. The molecule has 0 aromatic rings.